The van der Waals surface area contributed by atoms with E-state index in [1.54, 1.807) is 10.9 Å². The standard InChI is InChI=1S/C16H28N4O3Si.ClH/c1-24(2,3)7-6-23-11-20-10-18-9-14(20)15(21)13(17)8-12-4-5-19-16(12)22;/h9-10,12-13H,4-8,11,17H2,1-3H3,(H,19,22);1H/t12-,13?;/m0./s1. The van der Waals surface area contributed by atoms with Crippen LogP contribution in [0.25, 0.3) is 0 Å². The molecule has 2 heterocycles. The molecule has 0 saturated carbocycles. The van der Waals surface area contributed by atoms with Crippen LogP contribution in [-0.4, -0.2) is 48.5 Å². The van der Waals surface area contributed by atoms with Gasteiger partial charge in [0.1, 0.15) is 12.4 Å². The second kappa shape index (κ2) is 9.47. The van der Waals surface area contributed by atoms with Gasteiger partial charge < -0.3 is 20.4 Å². The number of hydrogen-bond acceptors (Lipinski definition) is 5. The zero-order valence-electron chi connectivity index (χ0n) is 15.2. The maximum atomic E-state index is 12.5. The van der Waals surface area contributed by atoms with Gasteiger partial charge in [0.15, 0.2) is 5.78 Å². The van der Waals surface area contributed by atoms with Gasteiger partial charge in [0.25, 0.3) is 0 Å². The Labute approximate surface area is 156 Å². The summed E-state index contributed by atoms with van der Waals surface area (Å²) in [5.74, 6) is -0.379. The smallest absolute Gasteiger partial charge is 0.223 e. The molecule has 142 valence electrons. The van der Waals surface area contributed by atoms with Crippen molar-refractivity contribution in [2.45, 2.75) is 51.3 Å². The SMILES string of the molecule is C[Si](C)(C)CCOCn1cncc1C(=O)C(N)C[C@@H]1CCNC1=O.Cl. The van der Waals surface area contributed by atoms with Crippen molar-refractivity contribution in [1.29, 1.82) is 0 Å². The highest BCUT2D eigenvalue weighted by molar-refractivity contribution is 6.76. The molecule has 1 amide bonds. The second-order valence-corrected chi connectivity index (χ2v) is 13.2. The number of nitrogens with zero attached hydrogens (tertiary/aromatic N) is 2. The topological polar surface area (TPSA) is 99.2 Å². The fourth-order valence-electron chi connectivity index (χ4n) is 2.64. The van der Waals surface area contributed by atoms with E-state index in [4.69, 9.17) is 10.5 Å². The predicted octanol–water partition coefficient (Wildman–Crippen LogP) is 1.65. The van der Waals surface area contributed by atoms with Crippen molar-refractivity contribution in [2.75, 3.05) is 13.2 Å². The number of carbonyl (C=O) groups is 2. The number of nitrogens with two attached hydrogens (primary N) is 1. The highest BCUT2D eigenvalue weighted by Crippen LogP contribution is 2.17. The van der Waals surface area contributed by atoms with Crippen LogP contribution < -0.4 is 11.1 Å². The molecule has 1 fully saturated rings. The molecular formula is C16H29ClN4O3Si. The minimum atomic E-state index is -1.13. The molecule has 1 aliphatic rings. The van der Waals surface area contributed by atoms with Crippen molar-refractivity contribution in [3.63, 3.8) is 0 Å². The van der Waals surface area contributed by atoms with E-state index in [0.29, 0.717) is 32.0 Å². The van der Waals surface area contributed by atoms with E-state index in [9.17, 15) is 9.59 Å². The molecule has 0 radical (unpaired) electrons. The Hall–Kier alpha value is -1.22. The van der Waals surface area contributed by atoms with Gasteiger partial charge in [-0.1, -0.05) is 19.6 Å². The fourth-order valence-corrected chi connectivity index (χ4v) is 3.40. The summed E-state index contributed by atoms with van der Waals surface area (Å²) in [6.07, 6.45) is 4.20. The molecule has 25 heavy (non-hydrogen) atoms. The number of rotatable bonds is 9. The van der Waals surface area contributed by atoms with Gasteiger partial charge in [0.2, 0.25) is 5.91 Å². The van der Waals surface area contributed by atoms with Gasteiger partial charge in [0, 0.05) is 27.1 Å². The highest BCUT2D eigenvalue weighted by atomic mass is 35.5. The average molecular weight is 389 g/mol. The maximum absolute atomic E-state index is 12.5. The molecule has 2 atom stereocenters. The monoisotopic (exact) mass is 388 g/mol. The Kier molecular flexibility index (Phi) is 8.26. The van der Waals surface area contributed by atoms with Crippen LogP contribution in [0.3, 0.4) is 0 Å². The molecule has 1 aliphatic heterocycles. The van der Waals surface area contributed by atoms with Crippen LogP contribution >= 0.6 is 12.4 Å². The summed E-state index contributed by atoms with van der Waals surface area (Å²) < 4.78 is 7.36. The molecule has 0 aromatic carbocycles. The van der Waals surface area contributed by atoms with E-state index < -0.39 is 14.1 Å². The largest absolute Gasteiger partial charge is 0.361 e. The van der Waals surface area contributed by atoms with Crippen LogP contribution in [0, 0.1) is 5.92 Å². The van der Waals surface area contributed by atoms with Crippen LogP contribution in [0.1, 0.15) is 23.3 Å². The van der Waals surface area contributed by atoms with Crippen LogP contribution in [0.2, 0.25) is 25.7 Å². The fraction of sp³-hybridized carbons (Fsp3) is 0.688. The number of carbonyl (C=O) groups excluding carboxylic acids is 2. The van der Waals surface area contributed by atoms with Crippen molar-refractivity contribution in [1.82, 2.24) is 14.9 Å². The number of aromatic nitrogens is 2. The first kappa shape index (κ1) is 21.8. The lowest BCUT2D eigenvalue weighted by molar-refractivity contribution is -0.122. The van der Waals surface area contributed by atoms with Crippen molar-refractivity contribution >= 4 is 32.2 Å². The normalized spacial score (nSPS) is 18.6. The van der Waals surface area contributed by atoms with Crippen LogP contribution in [0.4, 0.5) is 0 Å². The number of imidazole rings is 1. The summed E-state index contributed by atoms with van der Waals surface area (Å²) in [6, 6.07) is 0.373. The zero-order valence-corrected chi connectivity index (χ0v) is 17.0. The molecule has 0 bridgehead atoms. The van der Waals surface area contributed by atoms with Crippen LogP contribution in [-0.2, 0) is 16.3 Å². The number of nitrogens with one attached hydrogen (secondary N) is 1. The van der Waals surface area contributed by atoms with Gasteiger partial charge in [-0.05, 0) is 18.9 Å². The first-order valence-corrected chi connectivity index (χ1v) is 12.1. The maximum Gasteiger partial charge on any atom is 0.223 e. The van der Waals surface area contributed by atoms with Gasteiger partial charge in [-0.2, -0.15) is 0 Å². The van der Waals surface area contributed by atoms with Crippen molar-refractivity contribution in [2.24, 2.45) is 11.7 Å². The second-order valence-electron chi connectivity index (χ2n) is 7.58. The summed E-state index contributed by atoms with van der Waals surface area (Å²) in [5.41, 5.74) is 6.46. The number of halogens is 1. The van der Waals surface area contributed by atoms with E-state index in [0.717, 1.165) is 12.5 Å². The third-order valence-electron chi connectivity index (χ3n) is 4.23. The summed E-state index contributed by atoms with van der Waals surface area (Å²) in [4.78, 5) is 28.2. The Morgan fingerprint density at radius 3 is 2.84 bits per heavy atom. The molecule has 9 heteroatoms. The van der Waals surface area contributed by atoms with Gasteiger partial charge in [-0.3, -0.25) is 9.59 Å². The number of Topliss-reactive ketones (excluding diaryl/α,β-unsaturated/α-hetero) is 1. The summed E-state index contributed by atoms with van der Waals surface area (Å²) in [6.45, 7) is 8.51. The van der Waals surface area contributed by atoms with E-state index >= 15 is 0 Å². The summed E-state index contributed by atoms with van der Waals surface area (Å²) in [7, 11) is -1.13. The van der Waals surface area contributed by atoms with Crippen LogP contribution in [0.5, 0.6) is 0 Å². The molecule has 1 aromatic rings. The van der Waals surface area contributed by atoms with Gasteiger partial charge >= 0.3 is 0 Å². The molecule has 3 N–H and O–H groups in total. The average Bonchev–Trinajstić information content (AvgIpc) is 3.11. The Morgan fingerprint density at radius 2 is 2.24 bits per heavy atom. The predicted molar refractivity (Wildman–Crippen MR) is 102 cm³/mol. The highest BCUT2D eigenvalue weighted by Gasteiger charge is 2.29. The third-order valence-corrected chi connectivity index (χ3v) is 5.93. The first-order valence-electron chi connectivity index (χ1n) is 8.43. The lowest BCUT2D eigenvalue weighted by atomic mass is 9.95. The lowest BCUT2D eigenvalue weighted by Gasteiger charge is -2.17. The van der Waals surface area contributed by atoms with E-state index in [1.165, 1.54) is 6.20 Å². The molecule has 0 spiro atoms. The minimum Gasteiger partial charge on any atom is -0.361 e. The number of ether oxygens (including phenoxy) is 1. The Bertz CT molecular complexity index is 588. The van der Waals surface area contributed by atoms with Gasteiger partial charge in [-0.25, -0.2) is 4.98 Å². The molecule has 1 unspecified atom stereocenters. The third kappa shape index (κ3) is 6.54. The van der Waals surface area contributed by atoms with Crippen molar-refractivity contribution in [3.05, 3.63) is 18.2 Å². The Morgan fingerprint density at radius 1 is 1.52 bits per heavy atom. The summed E-state index contributed by atoms with van der Waals surface area (Å²) >= 11 is 0. The zero-order chi connectivity index (χ0) is 17.7. The van der Waals surface area contributed by atoms with E-state index in [1.807, 2.05) is 0 Å². The van der Waals surface area contributed by atoms with E-state index in [-0.39, 0.29) is 30.0 Å². The molecular weight excluding hydrogens is 360 g/mol. The first-order chi connectivity index (χ1) is 11.3. The molecule has 0 aliphatic carbocycles. The number of ketones is 1. The van der Waals surface area contributed by atoms with Crippen molar-refractivity contribution < 1.29 is 14.3 Å². The van der Waals surface area contributed by atoms with Crippen molar-refractivity contribution in [3.8, 4) is 0 Å². The minimum absolute atomic E-state index is 0. The van der Waals surface area contributed by atoms with Gasteiger partial charge in [-0.15, -0.1) is 12.4 Å². The molecule has 1 saturated heterocycles. The molecule has 2 rings (SSSR count). The number of amides is 1. The van der Waals surface area contributed by atoms with Crippen LogP contribution in [0.15, 0.2) is 12.5 Å². The molecule has 7 nitrogen and oxygen atoms in total. The lowest BCUT2D eigenvalue weighted by Crippen LogP contribution is -2.35. The number of hydrogen-bond donors (Lipinski definition) is 2. The Balaban J connectivity index is 0.00000312. The van der Waals surface area contributed by atoms with E-state index in [2.05, 4.69) is 29.9 Å². The summed E-state index contributed by atoms with van der Waals surface area (Å²) in [5, 5.41) is 2.77. The van der Waals surface area contributed by atoms with Gasteiger partial charge in [0.05, 0.1) is 18.6 Å². The quantitative estimate of drug-likeness (QED) is 0.380. The molecule has 1 aromatic heterocycles.